The van der Waals surface area contributed by atoms with E-state index in [1.165, 1.54) is 6.07 Å². The lowest BCUT2D eigenvalue weighted by molar-refractivity contribution is 0.0755. The van der Waals surface area contributed by atoms with Crippen LogP contribution in [0.25, 0.3) is 11.3 Å². The Hall–Kier alpha value is -3.00. The number of methoxy groups -OCH3 is 2. The molecule has 6 nitrogen and oxygen atoms in total. The summed E-state index contributed by atoms with van der Waals surface area (Å²) >= 11 is 1.70. The van der Waals surface area contributed by atoms with Crippen molar-refractivity contribution in [2.45, 2.75) is 11.7 Å². The van der Waals surface area contributed by atoms with Crippen molar-refractivity contribution in [1.29, 1.82) is 0 Å². The Morgan fingerprint density at radius 1 is 1.12 bits per heavy atom. The molecule has 1 aromatic heterocycles. The summed E-state index contributed by atoms with van der Waals surface area (Å²) in [5.41, 5.74) is 2.60. The van der Waals surface area contributed by atoms with Gasteiger partial charge in [0.15, 0.2) is 0 Å². The van der Waals surface area contributed by atoms with Crippen molar-refractivity contribution in [2.75, 3.05) is 33.1 Å². The van der Waals surface area contributed by atoms with Gasteiger partial charge in [-0.3, -0.25) is 9.48 Å². The van der Waals surface area contributed by atoms with Gasteiger partial charge in [0.2, 0.25) is 0 Å². The second-order valence-electron chi connectivity index (χ2n) is 7.57. The second kappa shape index (κ2) is 9.65. The summed E-state index contributed by atoms with van der Waals surface area (Å²) in [4.78, 5) is 15.2. The second-order valence-corrected chi connectivity index (χ2v) is 8.88. The van der Waals surface area contributed by atoms with Gasteiger partial charge in [0.25, 0.3) is 5.91 Å². The van der Waals surface area contributed by atoms with Crippen molar-refractivity contribution < 1.29 is 18.7 Å². The maximum Gasteiger partial charge on any atom is 0.272 e. The zero-order valence-electron chi connectivity index (χ0n) is 18.4. The fourth-order valence-corrected chi connectivity index (χ4v) is 5.19. The molecule has 8 heteroatoms. The Morgan fingerprint density at radius 2 is 1.94 bits per heavy atom. The molecule has 1 unspecified atom stereocenters. The minimum absolute atomic E-state index is 0.0390. The molecule has 0 spiro atoms. The van der Waals surface area contributed by atoms with E-state index in [0.29, 0.717) is 48.0 Å². The summed E-state index contributed by atoms with van der Waals surface area (Å²) < 4.78 is 26.6. The number of ether oxygens (including phenoxy) is 2. The monoisotopic (exact) mass is 455 g/mol. The van der Waals surface area contributed by atoms with E-state index in [-0.39, 0.29) is 17.0 Å². The molecule has 1 aliphatic rings. The molecule has 0 radical (unpaired) electrons. The van der Waals surface area contributed by atoms with Gasteiger partial charge >= 0.3 is 0 Å². The predicted octanol–water partition coefficient (Wildman–Crippen LogP) is 4.56. The lowest BCUT2D eigenvalue weighted by atomic mass is 10.1. The van der Waals surface area contributed by atoms with Gasteiger partial charge in [-0.15, -0.1) is 0 Å². The minimum atomic E-state index is -0.187. The van der Waals surface area contributed by atoms with E-state index in [4.69, 9.17) is 9.47 Å². The highest BCUT2D eigenvalue weighted by molar-refractivity contribution is 7.99. The van der Waals surface area contributed by atoms with E-state index in [9.17, 15) is 9.18 Å². The molecule has 3 aromatic rings. The molecular weight excluding hydrogens is 429 g/mol. The Kier molecular flexibility index (Phi) is 6.69. The zero-order chi connectivity index (χ0) is 22.7. The number of thioether (sulfide) groups is 1. The summed E-state index contributed by atoms with van der Waals surface area (Å²) in [5, 5.41) is 4.60. The first-order valence-corrected chi connectivity index (χ1v) is 11.5. The maximum atomic E-state index is 14.2. The smallest absolute Gasteiger partial charge is 0.272 e. The summed E-state index contributed by atoms with van der Waals surface area (Å²) in [6.07, 6.45) is 0.700. The highest BCUT2D eigenvalue weighted by Crippen LogP contribution is 2.36. The topological polar surface area (TPSA) is 56.6 Å². The standard InChI is InChI=1S/C24H26FN3O3S/c1-27-21(15-20(26-27)18-14-16(30-2)8-9-22(18)31-3)24(29)28-11-10-23(32-13-12-28)17-6-4-5-7-19(17)25/h4-9,14-15,23H,10-13H2,1-3H3. The molecule has 168 valence electrons. The average Bonchev–Trinajstić information content (AvgIpc) is 3.03. The van der Waals surface area contributed by atoms with Gasteiger partial charge in [-0.2, -0.15) is 16.9 Å². The van der Waals surface area contributed by atoms with Crippen LogP contribution >= 0.6 is 11.8 Å². The van der Waals surface area contributed by atoms with Crippen LogP contribution in [0.5, 0.6) is 11.5 Å². The SMILES string of the molecule is COc1ccc(OC)c(-c2cc(C(=O)N3CCSC(c4ccccc4F)CC3)n(C)n2)c1. The third-order valence-corrected chi connectivity index (χ3v) is 6.97. The third-order valence-electron chi connectivity index (χ3n) is 5.66. The van der Waals surface area contributed by atoms with Crippen LogP contribution in [0.4, 0.5) is 4.39 Å². The number of hydrogen-bond acceptors (Lipinski definition) is 5. The van der Waals surface area contributed by atoms with Gasteiger partial charge < -0.3 is 14.4 Å². The first kappa shape index (κ1) is 22.2. The van der Waals surface area contributed by atoms with Gasteiger partial charge in [-0.25, -0.2) is 4.39 Å². The summed E-state index contributed by atoms with van der Waals surface area (Å²) in [6.45, 7) is 1.17. The van der Waals surface area contributed by atoms with E-state index < -0.39 is 0 Å². The van der Waals surface area contributed by atoms with Crippen LogP contribution in [0.15, 0.2) is 48.5 Å². The zero-order valence-corrected chi connectivity index (χ0v) is 19.2. The number of aromatic nitrogens is 2. The van der Waals surface area contributed by atoms with E-state index in [1.54, 1.807) is 49.8 Å². The molecule has 1 fully saturated rings. The van der Waals surface area contributed by atoms with Gasteiger partial charge in [0.05, 0.1) is 19.9 Å². The molecular formula is C24H26FN3O3S. The summed E-state index contributed by atoms with van der Waals surface area (Å²) in [6, 6.07) is 14.2. The maximum absolute atomic E-state index is 14.2. The van der Waals surface area contributed by atoms with Gasteiger partial charge in [0.1, 0.15) is 23.0 Å². The van der Waals surface area contributed by atoms with Crippen LogP contribution in [0, 0.1) is 5.82 Å². The number of halogens is 1. The third kappa shape index (κ3) is 4.46. The van der Waals surface area contributed by atoms with Crippen molar-refractivity contribution in [3.63, 3.8) is 0 Å². The number of amides is 1. The van der Waals surface area contributed by atoms with Crippen LogP contribution in [0.3, 0.4) is 0 Å². The molecule has 2 aromatic carbocycles. The van der Waals surface area contributed by atoms with Gasteiger partial charge in [-0.05, 0) is 36.8 Å². The Morgan fingerprint density at radius 3 is 2.69 bits per heavy atom. The molecule has 1 aliphatic heterocycles. The van der Waals surface area contributed by atoms with Gasteiger partial charge in [0, 0.05) is 42.3 Å². The predicted molar refractivity (Wildman–Crippen MR) is 124 cm³/mol. The molecule has 1 saturated heterocycles. The van der Waals surface area contributed by atoms with E-state index in [2.05, 4.69) is 5.10 Å². The average molecular weight is 456 g/mol. The number of aryl methyl sites for hydroxylation is 1. The van der Waals surface area contributed by atoms with Crippen molar-refractivity contribution >= 4 is 17.7 Å². The fraction of sp³-hybridized carbons (Fsp3) is 0.333. The molecule has 1 atom stereocenters. The summed E-state index contributed by atoms with van der Waals surface area (Å²) in [7, 11) is 4.96. The highest BCUT2D eigenvalue weighted by atomic mass is 32.2. The number of benzene rings is 2. The Balaban J connectivity index is 1.55. The number of carbonyl (C=O) groups excluding carboxylic acids is 1. The van der Waals surface area contributed by atoms with Crippen molar-refractivity contribution in [1.82, 2.24) is 14.7 Å². The Labute approximate surface area is 191 Å². The van der Waals surface area contributed by atoms with Crippen molar-refractivity contribution in [2.24, 2.45) is 7.05 Å². The van der Waals surface area contributed by atoms with Crippen LogP contribution in [0.2, 0.25) is 0 Å². The molecule has 0 N–H and O–H groups in total. The van der Waals surface area contributed by atoms with E-state index in [0.717, 1.165) is 11.3 Å². The van der Waals surface area contributed by atoms with Crippen LogP contribution < -0.4 is 9.47 Å². The van der Waals surface area contributed by atoms with E-state index >= 15 is 0 Å². The Bertz CT molecular complexity index is 1120. The molecule has 0 saturated carbocycles. The van der Waals surface area contributed by atoms with E-state index in [1.807, 2.05) is 35.2 Å². The van der Waals surface area contributed by atoms with Crippen LogP contribution in [-0.2, 0) is 7.05 Å². The molecule has 4 rings (SSSR count). The first-order chi connectivity index (χ1) is 15.5. The number of hydrogen-bond donors (Lipinski definition) is 0. The fourth-order valence-electron chi connectivity index (χ4n) is 3.93. The van der Waals surface area contributed by atoms with Crippen LogP contribution in [0.1, 0.15) is 27.7 Å². The first-order valence-electron chi connectivity index (χ1n) is 10.4. The normalized spacial score (nSPS) is 16.5. The van der Waals surface area contributed by atoms with Crippen LogP contribution in [-0.4, -0.2) is 53.6 Å². The molecule has 2 heterocycles. The number of rotatable bonds is 5. The quantitative estimate of drug-likeness (QED) is 0.564. The lowest BCUT2D eigenvalue weighted by Crippen LogP contribution is -2.34. The molecule has 1 amide bonds. The summed E-state index contributed by atoms with van der Waals surface area (Å²) in [5.74, 6) is 1.82. The van der Waals surface area contributed by atoms with Crippen molar-refractivity contribution in [3.05, 3.63) is 65.6 Å². The largest absolute Gasteiger partial charge is 0.497 e. The molecule has 0 bridgehead atoms. The number of carbonyl (C=O) groups is 1. The molecule has 0 aliphatic carbocycles. The lowest BCUT2D eigenvalue weighted by Gasteiger charge is -2.20. The number of nitrogens with zero attached hydrogens (tertiary/aromatic N) is 3. The highest BCUT2D eigenvalue weighted by Gasteiger charge is 2.26. The minimum Gasteiger partial charge on any atom is -0.497 e. The van der Waals surface area contributed by atoms with Crippen molar-refractivity contribution in [3.8, 4) is 22.8 Å². The van der Waals surface area contributed by atoms with Gasteiger partial charge in [-0.1, -0.05) is 18.2 Å². The molecule has 32 heavy (non-hydrogen) atoms.